The Morgan fingerprint density at radius 3 is 2.65 bits per heavy atom. The summed E-state index contributed by atoms with van der Waals surface area (Å²) >= 11 is 0. The Morgan fingerprint density at radius 2 is 2.12 bits per heavy atom. The Hall–Kier alpha value is -0.570. The lowest BCUT2D eigenvalue weighted by atomic mass is 9.79. The maximum atomic E-state index is 12.4. The van der Waals surface area contributed by atoms with Crippen LogP contribution < -0.4 is 5.32 Å². The third-order valence-electron chi connectivity index (χ3n) is 4.87. The summed E-state index contributed by atoms with van der Waals surface area (Å²) in [7, 11) is 0. The molecule has 1 heterocycles. The second kappa shape index (κ2) is 4.60. The van der Waals surface area contributed by atoms with E-state index in [9.17, 15) is 4.79 Å². The summed E-state index contributed by atoms with van der Waals surface area (Å²) in [4.78, 5) is 14.5. The molecule has 1 saturated heterocycles. The predicted octanol–water partition coefficient (Wildman–Crippen LogP) is 2.37. The normalized spacial score (nSPS) is 43.2. The molecule has 0 spiro atoms. The maximum Gasteiger partial charge on any atom is 0.243 e. The van der Waals surface area contributed by atoms with E-state index < -0.39 is 0 Å². The van der Waals surface area contributed by atoms with Crippen molar-refractivity contribution >= 4 is 5.91 Å². The molecule has 98 valence electrons. The highest BCUT2D eigenvalue weighted by molar-refractivity contribution is 5.88. The van der Waals surface area contributed by atoms with Gasteiger partial charge in [0, 0.05) is 6.04 Å². The Morgan fingerprint density at radius 1 is 1.41 bits per heavy atom. The number of carbonyl (C=O) groups excluding carboxylic acids is 1. The van der Waals surface area contributed by atoms with Gasteiger partial charge in [-0.3, -0.25) is 10.1 Å². The van der Waals surface area contributed by atoms with Crippen molar-refractivity contribution < 1.29 is 4.79 Å². The number of nitrogens with one attached hydrogen (secondary N) is 1. The quantitative estimate of drug-likeness (QED) is 0.801. The van der Waals surface area contributed by atoms with E-state index in [1.54, 1.807) is 0 Å². The summed E-state index contributed by atoms with van der Waals surface area (Å²) in [5, 5.41) is 3.39. The van der Waals surface area contributed by atoms with Crippen LogP contribution in [0.1, 0.15) is 53.4 Å². The van der Waals surface area contributed by atoms with Crippen molar-refractivity contribution in [2.75, 3.05) is 6.67 Å². The summed E-state index contributed by atoms with van der Waals surface area (Å²) < 4.78 is 0. The summed E-state index contributed by atoms with van der Waals surface area (Å²) in [5.74, 6) is 1.78. The van der Waals surface area contributed by atoms with Crippen molar-refractivity contribution in [3.05, 3.63) is 0 Å². The first-order valence-corrected chi connectivity index (χ1v) is 7.04. The van der Waals surface area contributed by atoms with Gasteiger partial charge in [-0.25, -0.2) is 0 Å². The van der Waals surface area contributed by atoms with Gasteiger partial charge in [-0.05, 0) is 44.4 Å². The van der Waals surface area contributed by atoms with Crippen LogP contribution in [-0.2, 0) is 4.79 Å². The van der Waals surface area contributed by atoms with Gasteiger partial charge in [-0.2, -0.15) is 0 Å². The van der Waals surface area contributed by atoms with E-state index in [0.717, 1.165) is 19.0 Å². The molecule has 3 nitrogen and oxygen atoms in total. The molecule has 0 radical (unpaired) electrons. The zero-order valence-electron chi connectivity index (χ0n) is 11.6. The SMILES string of the molecule is CCC1(C)NCN(C2CCC(C)CC2C)C1=O. The third kappa shape index (κ3) is 2.22. The zero-order valence-corrected chi connectivity index (χ0v) is 11.6. The van der Waals surface area contributed by atoms with Gasteiger partial charge < -0.3 is 4.90 Å². The Labute approximate surface area is 105 Å². The Kier molecular flexibility index (Phi) is 3.48. The first-order chi connectivity index (χ1) is 7.98. The van der Waals surface area contributed by atoms with Crippen LogP contribution in [0, 0.1) is 11.8 Å². The molecule has 1 saturated carbocycles. The van der Waals surface area contributed by atoms with Gasteiger partial charge in [0.25, 0.3) is 0 Å². The first kappa shape index (κ1) is 12.9. The smallest absolute Gasteiger partial charge is 0.243 e. The third-order valence-corrected chi connectivity index (χ3v) is 4.87. The second-order valence-electron chi connectivity index (χ2n) is 6.26. The van der Waals surface area contributed by atoms with E-state index in [0.29, 0.717) is 17.9 Å². The summed E-state index contributed by atoms with van der Waals surface area (Å²) in [6, 6.07) is 0.458. The molecule has 3 heteroatoms. The topological polar surface area (TPSA) is 32.3 Å². The van der Waals surface area contributed by atoms with Gasteiger partial charge in [0.15, 0.2) is 0 Å². The van der Waals surface area contributed by atoms with E-state index in [1.165, 1.54) is 19.3 Å². The average molecular weight is 238 g/mol. The lowest BCUT2D eigenvalue weighted by Crippen LogP contribution is -2.47. The minimum Gasteiger partial charge on any atom is -0.325 e. The minimum atomic E-state index is -0.317. The number of hydrogen-bond acceptors (Lipinski definition) is 2. The standard InChI is InChI=1S/C14H26N2O/c1-5-14(4)13(17)16(9-15-14)12-7-6-10(2)8-11(12)3/h10-12,15H,5-9H2,1-4H3. The molecule has 1 N–H and O–H groups in total. The van der Waals surface area contributed by atoms with Crippen LogP contribution in [0.3, 0.4) is 0 Å². The van der Waals surface area contributed by atoms with Crippen LogP contribution in [0.15, 0.2) is 0 Å². The molecule has 4 atom stereocenters. The molecular weight excluding hydrogens is 212 g/mol. The second-order valence-corrected chi connectivity index (χ2v) is 6.26. The molecule has 0 aromatic carbocycles. The summed E-state index contributed by atoms with van der Waals surface area (Å²) in [6.07, 6.45) is 4.58. The minimum absolute atomic E-state index is 0.311. The molecule has 1 aliphatic heterocycles. The fourth-order valence-corrected chi connectivity index (χ4v) is 3.38. The van der Waals surface area contributed by atoms with E-state index in [4.69, 9.17) is 0 Å². The lowest BCUT2D eigenvalue weighted by Gasteiger charge is -2.38. The molecule has 4 unspecified atom stereocenters. The highest BCUT2D eigenvalue weighted by Crippen LogP contribution is 2.34. The van der Waals surface area contributed by atoms with Crippen molar-refractivity contribution in [2.24, 2.45) is 11.8 Å². The largest absolute Gasteiger partial charge is 0.325 e. The van der Waals surface area contributed by atoms with Gasteiger partial charge in [-0.1, -0.05) is 20.8 Å². The predicted molar refractivity (Wildman–Crippen MR) is 69.5 cm³/mol. The molecular formula is C14H26N2O. The van der Waals surface area contributed by atoms with E-state index >= 15 is 0 Å². The van der Waals surface area contributed by atoms with Gasteiger partial charge in [0.05, 0.1) is 12.2 Å². The fraction of sp³-hybridized carbons (Fsp3) is 0.929. The van der Waals surface area contributed by atoms with Crippen LogP contribution >= 0.6 is 0 Å². The molecule has 2 rings (SSSR count). The van der Waals surface area contributed by atoms with Crippen molar-refractivity contribution in [1.29, 1.82) is 0 Å². The molecule has 2 fully saturated rings. The zero-order chi connectivity index (χ0) is 12.6. The molecule has 1 aliphatic carbocycles. The highest BCUT2D eigenvalue weighted by Gasteiger charge is 2.45. The summed E-state index contributed by atoms with van der Waals surface area (Å²) in [6.45, 7) is 9.49. The van der Waals surface area contributed by atoms with Crippen LogP contribution in [0.25, 0.3) is 0 Å². The van der Waals surface area contributed by atoms with Crippen LogP contribution in [0.2, 0.25) is 0 Å². The molecule has 0 aromatic rings. The Balaban J connectivity index is 2.07. The number of hydrogen-bond donors (Lipinski definition) is 1. The van der Waals surface area contributed by atoms with Crippen molar-refractivity contribution in [3.8, 4) is 0 Å². The number of amides is 1. The molecule has 1 amide bonds. The fourth-order valence-electron chi connectivity index (χ4n) is 3.38. The van der Waals surface area contributed by atoms with Crippen molar-refractivity contribution in [1.82, 2.24) is 10.2 Å². The highest BCUT2D eigenvalue weighted by atomic mass is 16.2. The van der Waals surface area contributed by atoms with Gasteiger partial charge in [0.2, 0.25) is 5.91 Å². The summed E-state index contributed by atoms with van der Waals surface area (Å²) in [5.41, 5.74) is -0.317. The molecule has 17 heavy (non-hydrogen) atoms. The van der Waals surface area contributed by atoms with Crippen LogP contribution in [0.5, 0.6) is 0 Å². The number of nitrogens with zero attached hydrogens (tertiary/aromatic N) is 1. The maximum absolute atomic E-state index is 12.4. The monoisotopic (exact) mass is 238 g/mol. The first-order valence-electron chi connectivity index (χ1n) is 7.04. The van der Waals surface area contributed by atoms with Crippen LogP contribution in [-0.4, -0.2) is 29.1 Å². The van der Waals surface area contributed by atoms with E-state index in [2.05, 4.69) is 31.0 Å². The molecule has 0 aromatic heterocycles. The van der Waals surface area contributed by atoms with E-state index in [-0.39, 0.29) is 5.54 Å². The molecule has 0 bridgehead atoms. The number of rotatable bonds is 2. The lowest BCUT2D eigenvalue weighted by molar-refractivity contribution is -0.135. The van der Waals surface area contributed by atoms with Crippen molar-refractivity contribution in [2.45, 2.75) is 65.0 Å². The van der Waals surface area contributed by atoms with Gasteiger partial charge >= 0.3 is 0 Å². The molecule has 2 aliphatic rings. The van der Waals surface area contributed by atoms with E-state index in [1.807, 2.05) is 6.92 Å². The Bertz CT molecular complexity index is 305. The van der Waals surface area contributed by atoms with Crippen molar-refractivity contribution in [3.63, 3.8) is 0 Å². The average Bonchev–Trinajstić information content (AvgIpc) is 2.58. The number of carbonyl (C=O) groups is 1. The van der Waals surface area contributed by atoms with Crippen LogP contribution in [0.4, 0.5) is 0 Å². The van der Waals surface area contributed by atoms with Gasteiger partial charge in [0.1, 0.15) is 0 Å². The van der Waals surface area contributed by atoms with Gasteiger partial charge in [-0.15, -0.1) is 0 Å².